The Bertz CT molecular complexity index is 367. The number of ether oxygens (including phenoxy) is 1. The summed E-state index contributed by atoms with van der Waals surface area (Å²) in [5, 5.41) is 0. The van der Waals surface area contributed by atoms with E-state index < -0.39 is 12.5 Å². The first-order chi connectivity index (χ1) is 11.5. The molecule has 0 bridgehead atoms. The maximum absolute atomic E-state index is 12.2. The van der Waals surface area contributed by atoms with Crippen molar-refractivity contribution in [1.82, 2.24) is 0 Å². The highest BCUT2D eigenvalue weighted by atomic mass is 28.2. The topological polar surface area (TPSA) is 9.23 Å². The third-order valence-corrected chi connectivity index (χ3v) is 7.58. The van der Waals surface area contributed by atoms with Gasteiger partial charge in [0.1, 0.15) is 0 Å². The van der Waals surface area contributed by atoms with Crippen LogP contribution in [-0.4, -0.2) is 22.0 Å². The zero-order valence-electron chi connectivity index (χ0n) is 14.8. The first-order valence-corrected chi connectivity index (χ1v) is 10.8. The van der Waals surface area contributed by atoms with Gasteiger partial charge in [0, 0.05) is 9.52 Å². The Morgan fingerprint density at radius 3 is 2.17 bits per heavy atom. The summed E-state index contributed by atoms with van der Waals surface area (Å²) >= 11 is 0. The van der Waals surface area contributed by atoms with Crippen molar-refractivity contribution in [2.75, 3.05) is 0 Å². The normalized spacial score (nSPS) is 32.3. The van der Waals surface area contributed by atoms with E-state index in [1.54, 1.807) is 0 Å². The minimum atomic E-state index is -4.47. The van der Waals surface area contributed by atoms with E-state index in [9.17, 15) is 13.2 Å². The zero-order valence-corrected chi connectivity index (χ0v) is 15.8. The van der Waals surface area contributed by atoms with Gasteiger partial charge in [0.25, 0.3) is 0 Å². The van der Waals surface area contributed by atoms with Gasteiger partial charge in [-0.25, -0.2) is 0 Å². The Morgan fingerprint density at radius 2 is 1.58 bits per heavy atom. The SMILES string of the molecule is C/C=C/CCC1CCC(C[Si]C2CCC(OC(F)(F)F)CC2)CC1. The molecule has 2 saturated carbocycles. The number of rotatable bonds is 7. The standard InChI is InChI=1S/C19H31F3OSi/c1-2-3-4-5-15-6-8-16(9-7-15)14-24-18-12-10-17(11-13-18)23-19(20,21)22/h2-3,15-18H,4-14H2,1H3/b3-2+. The minimum Gasteiger partial charge on any atom is -0.289 e. The second-order valence-corrected chi connectivity index (χ2v) is 9.11. The van der Waals surface area contributed by atoms with Crippen molar-refractivity contribution in [2.24, 2.45) is 11.8 Å². The van der Waals surface area contributed by atoms with E-state index in [2.05, 4.69) is 23.8 Å². The molecule has 2 aliphatic rings. The van der Waals surface area contributed by atoms with Crippen LogP contribution in [0.2, 0.25) is 11.6 Å². The summed E-state index contributed by atoms with van der Waals surface area (Å²) in [5.74, 6) is 1.78. The van der Waals surface area contributed by atoms with Crippen molar-refractivity contribution in [1.29, 1.82) is 0 Å². The van der Waals surface area contributed by atoms with E-state index in [1.807, 2.05) is 0 Å². The molecule has 138 valence electrons. The van der Waals surface area contributed by atoms with Gasteiger partial charge >= 0.3 is 6.36 Å². The molecular formula is C19H31F3OSi. The second kappa shape index (κ2) is 10.0. The average Bonchev–Trinajstić information content (AvgIpc) is 2.54. The molecule has 24 heavy (non-hydrogen) atoms. The van der Waals surface area contributed by atoms with Crippen LogP contribution in [0, 0.1) is 11.8 Å². The molecule has 0 heterocycles. The summed E-state index contributed by atoms with van der Waals surface area (Å²) in [7, 11) is 0.935. The predicted molar refractivity (Wildman–Crippen MR) is 93.2 cm³/mol. The molecular weight excluding hydrogens is 329 g/mol. The maximum atomic E-state index is 12.2. The lowest BCUT2D eigenvalue weighted by Gasteiger charge is -2.31. The molecule has 0 amide bonds. The van der Waals surface area contributed by atoms with E-state index in [4.69, 9.17) is 0 Å². The molecule has 2 fully saturated rings. The quantitative estimate of drug-likeness (QED) is 0.370. The van der Waals surface area contributed by atoms with Crippen molar-refractivity contribution in [3.63, 3.8) is 0 Å². The Kier molecular flexibility index (Phi) is 8.34. The summed E-state index contributed by atoms with van der Waals surface area (Å²) < 4.78 is 40.9. The first kappa shape index (κ1) is 20.0. The lowest BCUT2D eigenvalue weighted by molar-refractivity contribution is -0.345. The van der Waals surface area contributed by atoms with Crippen LogP contribution < -0.4 is 0 Å². The summed E-state index contributed by atoms with van der Waals surface area (Å²) in [5.41, 5.74) is 0.644. The predicted octanol–water partition coefficient (Wildman–Crippen LogP) is 6.54. The van der Waals surface area contributed by atoms with Crippen LogP contribution in [0.5, 0.6) is 0 Å². The molecule has 0 aliphatic heterocycles. The maximum Gasteiger partial charge on any atom is 0.522 e. The van der Waals surface area contributed by atoms with Crippen LogP contribution in [0.1, 0.15) is 71.1 Å². The number of halogens is 3. The van der Waals surface area contributed by atoms with Gasteiger partial charge in [0.05, 0.1) is 6.10 Å². The molecule has 2 aliphatic carbocycles. The van der Waals surface area contributed by atoms with Crippen molar-refractivity contribution >= 4 is 9.52 Å². The number of alkyl halides is 3. The van der Waals surface area contributed by atoms with Gasteiger partial charge in [0.15, 0.2) is 0 Å². The lowest BCUT2D eigenvalue weighted by Crippen LogP contribution is -2.28. The molecule has 2 radical (unpaired) electrons. The molecule has 0 spiro atoms. The molecule has 2 rings (SSSR count). The monoisotopic (exact) mass is 360 g/mol. The second-order valence-electron chi connectivity index (χ2n) is 7.48. The van der Waals surface area contributed by atoms with Crippen LogP contribution in [0.4, 0.5) is 13.2 Å². The molecule has 0 N–H and O–H groups in total. The Morgan fingerprint density at radius 1 is 0.958 bits per heavy atom. The minimum absolute atomic E-state index is 0.578. The molecule has 0 unspecified atom stereocenters. The number of allylic oxidation sites excluding steroid dienone is 2. The van der Waals surface area contributed by atoms with Crippen LogP contribution >= 0.6 is 0 Å². The third-order valence-electron chi connectivity index (χ3n) is 5.61. The van der Waals surface area contributed by atoms with E-state index in [0.717, 1.165) is 34.2 Å². The largest absolute Gasteiger partial charge is 0.522 e. The molecule has 1 nitrogen and oxygen atoms in total. The Hall–Kier alpha value is -0.293. The lowest BCUT2D eigenvalue weighted by atomic mass is 9.81. The van der Waals surface area contributed by atoms with Crippen molar-refractivity contribution in [3.8, 4) is 0 Å². The number of hydrogen-bond acceptors (Lipinski definition) is 1. The smallest absolute Gasteiger partial charge is 0.289 e. The van der Waals surface area contributed by atoms with Gasteiger partial charge in [-0.2, -0.15) is 0 Å². The van der Waals surface area contributed by atoms with E-state index >= 15 is 0 Å². The molecule has 0 atom stereocenters. The summed E-state index contributed by atoms with van der Waals surface area (Å²) in [4.78, 5) is 0. The van der Waals surface area contributed by atoms with Gasteiger partial charge in [-0.3, -0.25) is 4.74 Å². The van der Waals surface area contributed by atoms with Crippen molar-refractivity contribution < 1.29 is 17.9 Å². The Labute approximate surface area is 147 Å². The highest BCUT2D eigenvalue weighted by Crippen LogP contribution is 2.37. The summed E-state index contributed by atoms with van der Waals surface area (Å²) in [6.07, 6.45) is 10.4. The zero-order chi connectivity index (χ0) is 17.4. The van der Waals surface area contributed by atoms with E-state index in [-0.39, 0.29) is 0 Å². The molecule has 0 saturated heterocycles. The van der Waals surface area contributed by atoms with Gasteiger partial charge in [0.2, 0.25) is 0 Å². The van der Waals surface area contributed by atoms with Gasteiger partial charge < -0.3 is 0 Å². The first-order valence-electron chi connectivity index (χ1n) is 9.55. The highest BCUT2D eigenvalue weighted by Gasteiger charge is 2.35. The third kappa shape index (κ3) is 7.73. The fraction of sp³-hybridized carbons (Fsp3) is 0.895. The van der Waals surface area contributed by atoms with Gasteiger partial charge in [-0.05, 0) is 50.0 Å². The van der Waals surface area contributed by atoms with Gasteiger partial charge in [-0.15, -0.1) is 13.2 Å². The molecule has 0 aromatic heterocycles. The van der Waals surface area contributed by atoms with Crippen LogP contribution in [0.15, 0.2) is 12.2 Å². The average molecular weight is 361 g/mol. The Balaban J connectivity index is 1.55. The van der Waals surface area contributed by atoms with Crippen LogP contribution in [0.25, 0.3) is 0 Å². The summed E-state index contributed by atoms with van der Waals surface area (Å²) in [6.45, 7) is 2.08. The van der Waals surface area contributed by atoms with Crippen LogP contribution in [0.3, 0.4) is 0 Å². The molecule has 5 heteroatoms. The molecule has 0 aromatic rings. The molecule has 0 aromatic carbocycles. The summed E-state index contributed by atoms with van der Waals surface area (Å²) in [6, 6.07) is 1.30. The van der Waals surface area contributed by atoms with Gasteiger partial charge in [-0.1, -0.05) is 56.7 Å². The number of hydrogen-bond donors (Lipinski definition) is 0. The van der Waals surface area contributed by atoms with Crippen LogP contribution in [-0.2, 0) is 4.74 Å². The van der Waals surface area contributed by atoms with Crippen molar-refractivity contribution in [2.45, 2.75) is 95.2 Å². The fourth-order valence-electron chi connectivity index (χ4n) is 4.13. The van der Waals surface area contributed by atoms with Crippen molar-refractivity contribution in [3.05, 3.63) is 12.2 Å². The van der Waals surface area contributed by atoms with E-state index in [0.29, 0.717) is 18.4 Å². The van der Waals surface area contributed by atoms with E-state index in [1.165, 1.54) is 44.6 Å². The fourth-order valence-corrected chi connectivity index (χ4v) is 5.95. The highest BCUT2D eigenvalue weighted by molar-refractivity contribution is 6.37.